The summed E-state index contributed by atoms with van der Waals surface area (Å²) < 4.78 is 5.75. The number of nitrogens with zero attached hydrogens (tertiary/aromatic N) is 5. The standard InChI is InChI=1S/C28H28Cl3N5O3/c29-19-7-8-22(24(31)16-19)28(38)36(17-20-4-3-15-39-20)18-27(37)35-13-11-34(12-14-35)26-10-9-25(32-33-26)21-5-1-2-6-23(21)30/h1-2,5-10,16,20H,3-4,11-15,17-18H2/t20-/m0/s1. The largest absolute Gasteiger partial charge is 0.376 e. The van der Waals surface area contributed by atoms with Gasteiger partial charge in [-0.3, -0.25) is 9.59 Å². The topological polar surface area (TPSA) is 78.9 Å². The van der Waals surface area contributed by atoms with Gasteiger partial charge in [0, 0.05) is 49.9 Å². The molecule has 8 nitrogen and oxygen atoms in total. The molecule has 0 saturated carbocycles. The van der Waals surface area contributed by atoms with Crippen LogP contribution in [-0.2, 0) is 9.53 Å². The van der Waals surface area contributed by atoms with Gasteiger partial charge in [0.1, 0.15) is 6.54 Å². The first-order valence-electron chi connectivity index (χ1n) is 12.9. The highest BCUT2D eigenvalue weighted by molar-refractivity contribution is 6.36. The van der Waals surface area contributed by atoms with Crippen molar-refractivity contribution in [2.45, 2.75) is 18.9 Å². The van der Waals surface area contributed by atoms with E-state index >= 15 is 0 Å². The quantitative estimate of drug-likeness (QED) is 0.383. The van der Waals surface area contributed by atoms with E-state index in [0.29, 0.717) is 60.6 Å². The summed E-state index contributed by atoms with van der Waals surface area (Å²) in [5.41, 5.74) is 1.85. The second-order valence-corrected chi connectivity index (χ2v) is 10.8. The zero-order chi connectivity index (χ0) is 27.4. The number of hydrogen-bond donors (Lipinski definition) is 0. The van der Waals surface area contributed by atoms with Crippen LogP contribution in [0, 0.1) is 0 Å². The Kier molecular flexibility index (Phi) is 8.87. The maximum absolute atomic E-state index is 13.4. The van der Waals surface area contributed by atoms with Gasteiger partial charge in [-0.2, -0.15) is 0 Å². The Morgan fingerprint density at radius 1 is 0.949 bits per heavy atom. The second-order valence-electron chi connectivity index (χ2n) is 9.57. The fourth-order valence-electron chi connectivity index (χ4n) is 4.84. The zero-order valence-electron chi connectivity index (χ0n) is 21.2. The third-order valence-corrected chi connectivity index (χ3v) is 7.86. The van der Waals surface area contributed by atoms with E-state index in [9.17, 15) is 9.59 Å². The average molecular weight is 589 g/mol. The molecule has 3 aromatic rings. The second kappa shape index (κ2) is 12.5. The van der Waals surface area contributed by atoms with E-state index in [1.54, 1.807) is 21.9 Å². The third-order valence-electron chi connectivity index (χ3n) is 6.98. The molecular formula is C28H28Cl3N5O3. The molecule has 2 aliphatic heterocycles. The van der Waals surface area contributed by atoms with Crippen molar-refractivity contribution in [3.05, 3.63) is 75.2 Å². The van der Waals surface area contributed by atoms with E-state index in [-0.39, 0.29) is 29.5 Å². The van der Waals surface area contributed by atoms with Gasteiger partial charge in [0.2, 0.25) is 5.91 Å². The lowest BCUT2D eigenvalue weighted by atomic mass is 10.1. The molecule has 0 bridgehead atoms. The molecule has 0 spiro atoms. The maximum Gasteiger partial charge on any atom is 0.255 e. The van der Waals surface area contributed by atoms with Crippen molar-refractivity contribution in [1.82, 2.24) is 20.0 Å². The van der Waals surface area contributed by atoms with Crippen molar-refractivity contribution in [2.24, 2.45) is 0 Å². The van der Waals surface area contributed by atoms with Gasteiger partial charge in [-0.05, 0) is 49.2 Å². The molecule has 2 saturated heterocycles. The number of carbonyl (C=O) groups excluding carboxylic acids is 2. The van der Waals surface area contributed by atoms with Crippen LogP contribution in [0.5, 0.6) is 0 Å². The molecule has 0 N–H and O–H groups in total. The van der Waals surface area contributed by atoms with Gasteiger partial charge < -0.3 is 19.4 Å². The SMILES string of the molecule is O=C(CN(C[C@@H]1CCCO1)C(=O)c1ccc(Cl)cc1Cl)N1CCN(c2ccc(-c3ccccc3Cl)nn2)CC1. The number of benzene rings is 2. The lowest BCUT2D eigenvalue weighted by Gasteiger charge is -2.36. The molecular weight excluding hydrogens is 561 g/mol. The summed E-state index contributed by atoms with van der Waals surface area (Å²) >= 11 is 18.6. The van der Waals surface area contributed by atoms with Crippen molar-refractivity contribution in [1.29, 1.82) is 0 Å². The first-order valence-corrected chi connectivity index (χ1v) is 14.0. The Hall–Kier alpha value is -2.91. The van der Waals surface area contributed by atoms with Gasteiger partial charge in [0.15, 0.2) is 5.82 Å². The van der Waals surface area contributed by atoms with Crippen molar-refractivity contribution in [3.8, 4) is 11.3 Å². The first kappa shape index (κ1) is 27.6. The fraction of sp³-hybridized carbons (Fsp3) is 0.357. The lowest BCUT2D eigenvalue weighted by molar-refractivity contribution is -0.132. The molecule has 0 radical (unpaired) electrons. The van der Waals surface area contributed by atoms with Crippen LogP contribution in [-0.4, -0.2) is 83.8 Å². The molecule has 204 valence electrons. The lowest BCUT2D eigenvalue weighted by Crippen LogP contribution is -2.52. The summed E-state index contributed by atoms with van der Waals surface area (Å²) in [7, 11) is 0. The Morgan fingerprint density at radius 3 is 2.41 bits per heavy atom. The molecule has 5 rings (SSSR count). The summed E-state index contributed by atoms with van der Waals surface area (Å²) in [6.45, 7) is 3.17. The van der Waals surface area contributed by atoms with Gasteiger partial charge >= 0.3 is 0 Å². The van der Waals surface area contributed by atoms with E-state index in [0.717, 1.165) is 24.2 Å². The third kappa shape index (κ3) is 6.64. The number of aromatic nitrogens is 2. The zero-order valence-corrected chi connectivity index (χ0v) is 23.5. The number of piperazine rings is 1. The molecule has 2 fully saturated rings. The van der Waals surface area contributed by atoms with Crippen LogP contribution in [0.4, 0.5) is 5.82 Å². The van der Waals surface area contributed by atoms with Crippen LogP contribution in [0.1, 0.15) is 23.2 Å². The van der Waals surface area contributed by atoms with Gasteiger partial charge in [-0.15, -0.1) is 10.2 Å². The van der Waals surface area contributed by atoms with E-state index in [1.807, 2.05) is 36.4 Å². The van der Waals surface area contributed by atoms with E-state index in [4.69, 9.17) is 39.5 Å². The fourth-order valence-corrected chi connectivity index (χ4v) is 5.56. The van der Waals surface area contributed by atoms with Crippen LogP contribution < -0.4 is 4.90 Å². The summed E-state index contributed by atoms with van der Waals surface area (Å²) in [5, 5.41) is 10.1. The predicted molar refractivity (Wildman–Crippen MR) is 153 cm³/mol. The summed E-state index contributed by atoms with van der Waals surface area (Å²) in [6.07, 6.45) is 1.69. The van der Waals surface area contributed by atoms with E-state index in [1.165, 1.54) is 6.07 Å². The Bertz CT molecular complexity index is 1330. The summed E-state index contributed by atoms with van der Waals surface area (Å²) in [6, 6.07) is 16.1. The number of anilines is 1. The minimum Gasteiger partial charge on any atom is -0.376 e. The van der Waals surface area contributed by atoms with Crippen LogP contribution in [0.2, 0.25) is 15.1 Å². The Balaban J connectivity index is 1.21. The highest BCUT2D eigenvalue weighted by Crippen LogP contribution is 2.27. The highest BCUT2D eigenvalue weighted by atomic mass is 35.5. The number of hydrogen-bond acceptors (Lipinski definition) is 6. The van der Waals surface area contributed by atoms with Gasteiger partial charge in [0.25, 0.3) is 5.91 Å². The van der Waals surface area contributed by atoms with Crippen LogP contribution in [0.3, 0.4) is 0 Å². The number of amides is 2. The molecule has 2 aliphatic rings. The molecule has 1 aromatic heterocycles. The van der Waals surface area contributed by atoms with Crippen molar-refractivity contribution >= 4 is 52.4 Å². The van der Waals surface area contributed by atoms with Crippen molar-refractivity contribution in [2.75, 3.05) is 50.8 Å². The Labute approximate surface area is 242 Å². The van der Waals surface area contributed by atoms with Gasteiger partial charge in [-0.25, -0.2) is 0 Å². The minimum atomic E-state index is -0.312. The van der Waals surface area contributed by atoms with E-state index < -0.39 is 0 Å². The molecule has 0 aliphatic carbocycles. The van der Waals surface area contributed by atoms with E-state index in [2.05, 4.69) is 15.1 Å². The molecule has 11 heteroatoms. The van der Waals surface area contributed by atoms with Gasteiger partial charge in [0.05, 0.1) is 27.4 Å². The molecule has 2 amide bonds. The van der Waals surface area contributed by atoms with Gasteiger partial charge in [-0.1, -0.05) is 53.0 Å². The minimum absolute atomic E-state index is 0.0516. The monoisotopic (exact) mass is 587 g/mol. The first-order chi connectivity index (χ1) is 18.9. The maximum atomic E-state index is 13.4. The molecule has 1 atom stereocenters. The molecule has 39 heavy (non-hydrogen) atoms. The molecule has 2 aromatic carbocycles. The summed E-state index contributed by atoms with van der Waals surface area (Å²) in [4.78, 5) is 32.1. The van der Waals surface area contributed by atoms with Crippen LogP contribution in [0.25, 0.3) is 11.3 Å². The number of rotatable bonds is 7. The highest BCUT2D eigenvalue weighted by Gasteiger charge is 2.29. The van der Waals surface area contributed by atoms with Crippen molar-refractivity contribution < 1.29 is 14.3 Å². The normalized spacial score (nSPS) is 17.4. The average Bonchev–Trinajstić information content (AvgIpc) is 3.46. The molecule has 3 heterocycles. The number of ether oxygens (including phenoxy) is 1. The summed E-state index contributed by atoms with van der Waals surface area (Å²) in [5.74, 6) is 0.310. The Morgan fingerprint density at radius 2 is 1.74 bits per heavy atom. The van der Waals surface area contributed by atoms with Crippen LogP contribution >= 0.6 is 34.8 Å². The smallest absolute Gasteiger partial charge is 0.255 e. The molecule has 0 unspecified atom stereocenters. The number of halogens is 3. The predicted octanol–water partition coefficient (Wildman–Crippen LogP) is 5.07. The van der Waals surface area contributed by atoms with Crippen molar-refractivity contribution in [3.63, 3.8) is 0 Å². The van der Waals surface area contributed by atoms with Crippen LogP contribution in [0.15, 0.2) is 54.6 Å². The number of carbonyl (C=O) groups is 2.